The zero-order valence-corrected chi connectivity index (χ0v) is 16.3. The molecule has 0 fully saturated rings. The third-order valence-corrected chi connectivity index (χ3v) is 5.13. The van der Waals surface area contributed by atoms with Gasteiger partial charge in [-0.1, -0.05) is 23.7 Å². The molecule has 29 heavy (non-hydrogen) atoms. The van der Waals surface area contributed by atoms with E-state index in [1.165, 1.54) is 23.7 Å². The summed E-state index contributed by atoms with van der Waals surface area (Å²) in [6.07, 6.45) is 1.68. The van der Waals surface area contributed by atoms with Gasteiger partial charge in [0.15, 0.2) is 0 Å². The molecular weight excluding hydrogens is 396 g/mol. The summed E-state index contributed by atoms with van der Waals surface area (Å²) in [6, 6.07) is 13.0. The normalized spacial score (nSPS) is 11.1. The van der Waals surface area contributed by atoms with E-state index in [0.29, 0.717) is 32.9 Å². The van der Waals surface area contributed by atoms with Gasteiger partial charge in [0.25, 0.3) is 11.2 Å². The number of hydrogen-bond acceptors (Lipinski definition) is 4. The van der Waals surface area contributed by atoms with Gasteiger partial charge in [0.2, 0.25) is 0 Å². The van der Waals surface area contributed by atoms with Crippen LogP contribution in [0.4, 0.5) is 5.69 Å². The molecule has 2 aromatic carbocycles. The molecule has 146 valence electrons. The number of aryl methyl sites for hydroxylation is 1. The van der Waals surface area contributed by atoms with Gasteiger partial charge < -0.3 is 4.57 Å². The number of rotatable bonds is 3. The Balaban J connectivity index is 2.18. The number of nitro benzene ring substituents is 1. The van der Waals surface area contributed by atoms with Gasteiger partial charge in [0.05, 0.1) is 21.5 Å². The highest BCUT2D eigenvalue weighted by molar-refractivity contribution is 6.30. The molecule has 0 atom stereocenters. The first kappa shape index (κ1) is 18.7. The number of non-ortho nitro benzene ring substituents is 1. The van der Waals surface area contributed by atoms with E-state index in [0.717, 1.165) is 4.57 Å². The summed E-state index contributed by atoms with van der Waals surface area (Å²) in [5.74, 6) is 0. The monoisotopic (exact) mass is 410 g/mol. The molecule has 2 aromatic heterocycles. The lowest BCUT2D eigenvalue weighted by Crippen LogP contribution is -2.36. The molecule has 0 saturated heterocycles. The molecule has 0 amide bonds. The van der Waals surface area contributed by atoms with E-state index in [2.05, 4.69) is 0 Å². The SMILES string of the molecule is Cn1c(=O)c2c(-c3cccc([N+](=O)[O-])c3)n(-c3ccc(Cl)cc3)cc2n(C)c1=O. The standard InChI is InChI=1S/C20H15ClN4O4/c1-22-16-11-24(14-8-6-13(21)7-9-14)18(17(16)19(26)23(2)20(22)27)12-4-3-5-15(10-12)25(28)29/h3-11H,1-2H3. The van der Waals surface area contributed by atoms with Crippen molar-refractivity contribution in [3.05, 3.63) is 90.7 Å². The minimum Gasteiger partial charge on any atom is -0.314 e. The molecule has 0 aliphatic carbocycles. The van der Waals surface area contributed by atoms with Crippen LogP contribution in [-0.2, 0) is 14.1 Å². The first-order valence-electron chi connectivity index (χ1n) is 8.61. The van der Waals surface area contributed by atoms with Gasteiger partial charge in [-0.15, -0.1) is 0 Å². The Bertz CT molecular complexity index is 1400. The van der Waals surface area contributed by atoms with Gasteiger partial charge in [0, 0.05) is 48.7 Å². The fourth-order valence-electron chi connectivity index (χ4n) is 3.40. The van der Waals surface area contributed by atoms with Crippen LogP contribution in [0.1, 0.15) is 0 Å². The fraction of sp³-hybridized carbons (Fsp3) is 0.100. The quantitative estimate of drug-likeness (QED) is 0.383. The number of nitrogens with zero attached hydrogens (tertiary/aromatic N) is 4. The summed E-state index contributed by atoms with van der Waals surface area (Å²) in [7, 11) is 2.98. The van der Waals surface area contributed by atoms with E-state index in [1.807, 2.05) is 0 Å². The molecule has 4 rings (SSSR count). The van der Waals surface area contributed by atoms with Crippen molar-refractivity contribution in [2.75, 3.05) is 0 Å². The number of aromatic nitrogens is 3. The predicted molar refractivity (Wildman–Crippen MR) is 111 cm³/mol. The van der Waals surface area contributed by atoms with E-state index in [9.17, 15) is 19.7 Å². The maximum Gasteiger partial charge on any atom is 0.330 e. The van der Waals surface area contributed by atoms with Gasteiger partial charge in [-0.3, -0.25) is 24.0 Å². The van der Waals surface area contributed by atoms with Crippen LogP contribution in [0, 0.1) is 10.1 Å². The number of fused-ring (bicyclic) bond motifs is 1. The van der Waals surface area contributed by atoms with Gasteiger partial charge in [0.1, 0.15) is 0 Å². The Morgan fingerprint density at radius 3 is 2.34 bits per heavy atom. The maximum absolute atomic E-state index is 13.0. The van der Waals surface area contributed by atoms with Crippen molar-refractivity contribution in [2.24, 2.45) is 14.1 Å². The molecule has 0 aliphatic rings. The molecule has 0 N–H and O–H groups in total. The van der Waals surface area contributed by atoms with Crippen molar-refractivity contribution in [2.45, 2.75) is 0 Å². The molecule has 0 unspecified atom stereocenters. The summed E-state index contributed by atoms with van der Waals surface area (Å²) >= 11 is 6.00. The fourth-order valence-corrected chi connectivity index (χ4v) is 3.52. The molecule has 0 spiro atoms. The summed E-state index contributed by atoms with van der Waals surface area (Å²) in [5.41, 5.74) is 1.04. The van der Waals surface area contributed by atoms with Crippen molar-refractivity contribution >= 4 is 28.2 Å². The van der Waals surface area contributed by atoms with Crippen LogP contribution in [0.5, 0.6) is 0 Å². The Morgan fingerprint density at radius 2 is 1.69 bits per heavy atom. The number of halogens is 1. The molecule has 0 bridgehead atoms. The zero-order valence-electron chi connectivity index (χ0n) is 15.5. The second kappa shape index (κ2) is 6.75. The van der Waals surface area contributed by atoms with Gasteiger partial charge in [-0.2, -0.15) is 0 Å². The van der Waals surface area contributed by atoms with Crippen molar-refractivity contribution in [3.8, 4) is 16.9 Å². The van der Waals surface area contributed by atoms with E-state index in [4.69, 9.17) is 11.6 Å². The average molecular weight is 411 g/mol. The van der Waals surface area contributed by atoms with Crippen molar-refractivity contribution in [3.63, 3.8) is 0 Å². The minimum atomic E-state index is -0.491. The minimum absolute atomic E-state index is 0.0962. The van der Waals surface area contributed by atoms with Gasteiger partial charge >= 0.3 is 5.69 Å². The Labute approximate surface area is 169 Å². The Kier molecular flexibility index (Phi) is 4.35. The number of hydrogen-bond donors (Lipinski definition) is 0. The molecule has 0 aliphatic heterocycles. The second-order valence-electron chi connectivity index (χ2n) is 6.60. The summed E-state index contributed by atoms with van der Waals surface area (Å²) in [6.45, 7) is 0. The van der Waals surface area contributed by atoms with E-state index >= 15 is 0 Å². The number of nitro groups is 1. The highest BCUT2D eigenvalue weighted by Gasteiger charge is 2.21. The van der Waals surface area contributed by atoms with E-state index in [-0.39, 0.29) is 5.69 Å². The summed E-state index contributed by atoms with van der Waals surface area (Å²) in [5, 5.41) is 12.1. The largest absolute Gasteiger partial charge is 0.330 e. The van der Waals surface area contributed by atoms with Crippen LogP contribution < -0.4 is 11.2 Å². The molecule has 0 radical (unpaired) electrons. The smallest absolute Gasteiger partial charge is 0.314 e. The number of benzene rings is 2. The molecule has 8 nitrogen and oxygen atoms in total. The lowest BCUT2D eigenvalue weighted by Gasteiger charge is -2.10. The van der Waals surface area contributed by atoms with Crippen LogP contribution in [0.3, 0.4) is 0 Å². The molecule has 2 heterocycles. The Morgan fingerprint density at radius 1 is 1.00 bits per heavy atom. The van der Waals surface area contributed by atoms with Gasteiger partial charge in [-0.05, 0) is 24.3 Å². The second-order valence-corrected chi connectivity index (χ2v) is 7.03. The van der Waals surface area contributed by atoms with Crippen molar-refractivity contribution < 1.29 is 4.92 Å². The third-order valence-electron chi connectivity index (χ3n) is 4.87. The van der Waals surface area contributed by atoms with Crippen LogP contribution >= 0.6 is 11.6 Å². The zero-order chi connectivity index (χ0) is 20.9. The van der Waals surface area contributed by atoms with E-state index < -0.39 is 16.2 Å². The third kappa shape index (κ3) is 2.94. The lowest BCUT2D eigenvalue weighted by molar-refractivity contribution is -0.384. The molecular formula is C20H15ClN4O4. The summed E-state index contributed by atoms with van der Waals surface area (Å²) < 4.78 is 4.14. The molecule has 0 saturated carbocycles. The van der Waals surface area contributed by atoms with E-state index in [1.54, 1.807) is 54.2 Å². The Hall–Kier alpha value is -3.65. The highest BCUT2D eigenvalue weighted by atomic mass is 35.5. The first-order valence-corrected chi connectivity index (χ1v) is 8.99. The van der Waals surface area contributed by atoms with Crippen LogP contribution in [-0.4, -0.2) is 18.6 Å². The summed E-state index contributed by atoms with van der Waals surface area (Å²) in [4.78, 5) is 36.2. The topological polar surface area (TPSA) is 92.1 Å². The average Bonchev–Trinajstić information content (AvgIpc) is 3.12. The predicted octanol–water partition coefficient (Wildman–Crippen LogP) is 3.26. The highest BCUT2D eigenvalue weighted by Crippen LogP contribution is 2.32. The first-order chi connectivity index (χ1) is 13.8. The van der Waals surface area contributed by atoms with Crippen molar-refractivity contribution in [1.29, 1.82) is 0 Å². The maximum atomic E-state index is 13.0. The molecule has 9 heteroatoms. The lowest BCUT2D eigenvalue weighted by atomic mass is 10.1. The molecule has 4 aromatic rings. The van der Waals surface area contributed by atoms with Gasteiger partial charge in [-0.25, -0.2) is 4.79 Å². The van der Waals surface area contributed by atoms with Crippen molar-refractivity contribution in [1.82, 2.24) is 13.7 Å². The van der Waals surface area contributed by atoms with Crippen LogP contribution in [0.15, 0.2) is 64.3 Å². The van der Waals surface area contributed by atoms with Crippen LogP contribution in [0.2, 0.25) is 5.02 Å². The van der Waals surface area contributed by atoms with Crippen LogP contribution in [0.25, 0.3) is 27.8 Å².